The molecule has 1 aromatic rings. The lowest BCUT2D eigenvalue weighted by Gasteiger charge is -2.34. The zero-order chi connectivity index (χ0) is 58.0. The molecular formula is C52H85N9O17. The number of primary amides is 1. The number of carbonyl (C=O) groups excluding carboxylic acids is 8. The molecule has 3 fully saturated rings. The summed E-state index contributed by atoms with van der Waals surface area (Å²) in [7, 11) is 0. The molecule has 1 aromatic carbocycles. The highest BCUT2D eigenvalue weighted by molar-refractivity contribution is 5.98. The van der Waals surface area contributed by atoms with Crippen LogP contribution in [0.3, 0.4) is 0 Å². The molecule has 440 valence electrons. The normalized spacial score (nSPS) is 28.4. The molecule has 3 saturated heterocycles. The van der Waals surface area contributed by atoms with Gasteiger partial charge in [0.15, 0.2) is 6.23 Å². The Labute approximate surface area is 454 Å². The molecular weight excluding hydrogens is 1020 g/mol. The number of phenols is 1. The molecule has 26 nitrogen and oxygen atoms in total. The maximum Gasteiger partial charge on any atom is 0.248 e. The second-order valence-corrected chi connectivity index (χ2v) is 21.2. The number of rotatable bonds is 23. The van der Waals surface area contributed by atoms with Crippen molar-refractivity contribution in [2.45, 2.75) is 203 Å². The summed E-state index contributed by atoms with van der Waals surface area (Å²) < 4.78 is 5.70. The second-order valence-electron chi connectivity index (χ2n) is 21.2. The quantitative estimate of drug-likeness (QED) is 0.0476. The van der Waals surface area contributed by atoms with Gasteiger partial charge in [0.2, 0.25) is 47.3 Å². The van der Waals surface area contributed by atoms with Crippen LogP contribution < -0.4 is 38.1 Å². The summed E-state index contributed by atoms with van der Waals surface area (Å²) in [6.07, 6.45) is -9.20. The molecule has 0 bridgehead atoms. The number of aliphatic hydroxyl groups excluding tert-OH is 7. The first-order valence-corrected chi connectivity index (χ1v) is 27.2. The monoisotopic (exact) mass is 1110 g/mol. The number of unbranched alkanes of at least 4 members (excludes halogenated alkanes) is 5. The van der Waals surface area contributed by atoms with Gasteiger partial charge in [-0.25, -0.2) is 0 Å². The van der Waals surface area contributed by atoms with Crippen LogP contribution in [0.25, 0.3) is 0 Å². The molecule has 2 unspecified atom stereocenters. The Morgan fingerprint density at radius 3 is 2.00 bits per heavy atom. The van der Waals surface area contributed by atoms with Crippen LogP contribution in [0.1, 0.15) is 129 Å². The van der Waals surface area contributed by atoms with Gasteiger partial charge in [0.25, 0.3) is 0 Å². The number of hydrogen-bond donors (Lipinski definition) is 15. The topological polar surface area (TPSA) is 426 Å². The minimum atomic E-state index is -2.36. The van der Waals surface area contributed by atoms with E-state index < -0.39 is 165 Å². The van der Waals surface area contributed by atoms with E-state index in [9.17, 15) is 79.2 Å². The molecule has 0 spiro atoms. The Balaban J connectivity index is 1.74. The summed E-state index contributed by atoms with van der Waals surface area (Å²) in [6, 6.07) is -7.20. The third-order valence-electron chi connectivity index (χ3n) is 14.7. The van der Waals surface area contributed by atoms with E-state index in [1.807, 2.05) is 0 Å². The maximum atomic E-state index is 14.6. The summed E-state index contributed by atoms with van der Waals surface area (Å²) in [6.45, 7) is 6.33. The number of carbonyl (C=O) groups is 8. The van der Waals surface area contributed by atoms with Crippen molar-refractivity contribution in [1.82, 2.24) is 36.4 Å². The van der Waals surface area contributed by atoms with Gasteiger partial charge >= 0.3 is 0 Å². The number of amides is 8. The zero-order valence-electron chi connectivity index (χ0n) is 45.1. The van der Waals surface area contributed by atoms with Crippen LogP contribution in [-0.2, 0) is 43.1 Å². The predicted octanol–water partition coefficient (Wildman–Crippen LogP) is -3.36. The molecule has 26 heteroatoms. The van der Waals surface area contributed by atoms with Gasteiger partial charge in [0.1, 0.15) is 60.3 Å². The smallest absolute Gasteiger partial charge is 0.248 e. The van der Waals surface area contributed by atoms with Crippen molar-refractivity contribution in [3.63, 3.8) is 0 Å². The van der Waals surface area contributed by atoms with Crippen molar-refractivity contribution in [2.24, 2.45) is 23.3 Å². The van der Waals surface area contributed by atoms with E-state index in [1.54, 1.807) is 0 Å². The molecule has 16 atom stereocenters. The Morgan fingerprint density at radius 2 is 1.37 bits per heavy atom. The molecule has 0 aliphatic carbocycles. The molecule has 0 radical (unpaired) electrons. The first-order valence-electron chi connectivity index (χ1n) is 27.2. The van der Waals surface area contributed by atoms with Gasteiger partial charge in [0.05, 0.1) is 37.4 Å². The lowest BCUT2D eigenvalue weighted by molar-refractivity contribution is -0.150. The maximum absolute atomic E-state index is 14.6. The summed E-state index contributed by atoms with van der Waals surface area (Å²) >= 11 is 0. The highest BCUT2D eigenvalue weighted by Crippen LogP contribution is 2.27. The van der Waals surface area contributed by atoms with Gasteiger partial charge in [-0.3, -0.25) is 38.4 Å². The average molecular weight is 1110 g/mol. The molecule has 17 N–H and O–H groups in total. The minimum Gasteiger partial charge on any atom is -0.508 e. The van der Waals surface area contributed by atoms with Crippen LogP contribution >= 0.6 is 0 Å². The van der Waals surface area contributed by atoms with Gasteiger partial charge in [-0.2, -0.15) is 0 Å². The molecule has 4 rings (SSSR count). The van der Waals surface area contributed by atoms with E-state index in [4.69, 9.17) is 16.2 Å². The van der Waals surface area contributed by atoms with Crippen LogP contribution in [0.2, 0.25) is 0 Å². The van der Waals surface area contributed by atoms with Crippen molar-refractivity contribution >= 4 is 47.3 Å². The molecule has 0 aromatic heterocycles. The third-order valence-corrected chi connectivity index (χ3v) is 14.7. The zero-order valence-corrected chi connectivity index (χ0v) is 45.1. The number of benzene rings is 1. The number of aromatic hydroxyl groups is 1. The summed E-state index contributed by atoms with van der Waals surface area (Å²) in [5.74, 6) is -8.30. The third kappa shape index (κ3) is 18.8. The van der Waals surface area contributed by atoms with E-state index >= 15 is 0 Å². The largest absolute Gasteiger partial charge is 0.508 e. The first kappa shape index (κ1) is 64.9. The number of ether oxygens (including phenoxy) is 1. The van der Waals surface area contributed by atoms with Crippen molar-refractivity contribution in [1.29, 1.82) is 0 Å². The number of nitrogens with two attached hydrogens (primary N) is 2. The molecule has 0 saturated carbocycles. The van der Waals surface area contributed by atoms with Crippen LogP contribution in [0.4, 0.5) is 0 Å². The highest BCUT2D eigenvalue weighted by Gasteiger charge is 2.49. The first-order chi connectivity index (χ1) is 36.9. The standard InChI is InChI=1S/C52H85N9O17/c1-5-27(2)22-28(3)12-10-8-6-7-9-11-13-39(69)55-33-24-37(67)50(78-21-19-53)59-49(75)43-35(65)18-20-60(43)52(77)41(36(66)25-38(54)68)57-48(74)42(45(71)44(70)30-14-16-31(63)17-15-30)58-47(73)34-23-32(64)26-61(34)51(76)40(29(4)62)56-46(33)72/h14-17,27-29,32-37,40-45,50,62-67,70-71H,5-13,18-26,53H2,1-4H3,(H2,54,68)(H,55,69)(H,56,72)(H,57,74)(H,58,73)(H,59,75)/t27?,28?,29-,32+,33-,34-,35-,36-,37-,40-,41-,42-,43-,44-,45-,50+/m0/s1. The van der Waals surface area contributed by atoms with Crippen LogP contribution in [0, 0.1) is 11.8 Å². The number of phenolic OH excluding ortho intramolecular Hbond substituents is 1. The van der Waals surface area contributed by atoms with Gasteiger partial charge in [-0.1, -0.05) is 77.8 Å². The van der Waals surface area contributed by atoms with Crippen LogP contribution in [-0.4, -0.2) is 203 Å². The minimum absolute atomic E-state index is 0.0611. The summed E-state index contributed by atoms with van der Waals surface area (Å²) in [5, 5.41) is 101. The fraction of sp³-hybridized carbons (Fsp3) is 0.731. The number of fused-ring (bicyclic) bond motifs is 2. The van der Waals surface area contributed by atoms with E-state index in [0.29, 0.717) is 24.7 Å². The van der Waals surface area contributed by atoms with Gasteiger partial charge in [0, 0.05) is 38.9 Å². The Hall–Kier alpha value is -5.58. The van der Waals surface area contributed by atoms with E-state index in [1.165, 1.54) is 18.6 Å². The lowest BCUT2D eigenvalue weighted by atomic mass is 9.91. The fourth-order valence-electron chi connectivity index (χ4n) is 10.1. The SMILES string of the molecule is CCC(C)CC(C)CCCCCCCCC(=O)N[C@H]1C[C@H](O)[C@@H](OCCN)NC(=O)[C@@H]2[C@@H](O)CCN2C(=O)[C@H]([C@@H](O)CC(N)=O)NC(=O)[C@H]([C@H](O)[C@@H](O)c2ccc(O)cc2)NC(=O)[C@@H]2C[C@@H](O)CN2C(=O)[C@H]([C@H](C)O)NC1=O. The van der Waals surface area contributed by atoms with Gasteiger partial charge in [-0.15, -0.1) is 0 Å². The number of nitrogens with zero attached hydrogens (tertiary/aromatic N) is 2. The molecule has 8 amide bonds. The summed E-state index contributed by atoms with van der Waals surface area (Å²) in [5.41, 5.74) is 11.0. The lowest BCUT2D eigenvalue weighted by Crippen LogP contribution is -2.64. The number of hydrogen-bond acceptors (Lipinski definition) is 18. The van der Waals surface area contributed by atoms with Crippen LogP contribution in [0.5, 0.6) is 5.75 Å². The number of aliphatic hydroxyl groups is 7. The van der Waals surface area contributed by atoms with Crippen molar-refractivity contribution in [3.05, 3.63) is 29.8 Å². The second kappa shape index (κ2) is 31.3. The van der Waals surface area contributed by atoms with Crippen molar-refractivity contribution in [2.75, 3.05) is 26.2 Å². The molecule has 3 aliphatic rings. The Bertz CT molecular complexity index is 2160. The number of nitrogens with one attached hydrogen (secondary N) is 5. The molecule has 3 aliphatic heterocycles. The Morgan fingerprint density at radius 1 is 0.756 bits per heavy atom. The van der Waals surface area contributed by atoms with E-state index in [-0.39, 0.29) is 37.3 Å². The predicted molar refractivity (Wildman–Crippen MR) is 278 cm³/mol. The molecule has 78 heavy (non-hydrogen) atoms. The van der Waals surface area contributed by atoms with Crippen molar-refractivity contribution in [3.8, 4) is 5.75 Å². The van der Waals surface area contributed by atoms with Gasteiger partial charge < -0.3 is 93.4 Å². The van der Waals surface area contributed by atoms with E-state index in [2.05, 4.69) is 47.4 Å². The van der Waals surface area contributed by atoms with Crippen molar-refractivity contribution < 1.29 is 83.9 Å². The highest BCUT2D eigenvalue weighted by atomic mass is 16.5. The Kier molecular flexibility index (Phi) is 26.0. The van der Waals surface area contributed by atoms with E-state index in [0.717, 1.165) is 67.4 Å². The summed E-state index contributed by atoms with van der Waals surface area (Å²) in [4.78, 5) is 114. The fourth-order valence-corrected chi connectivity index (χ4v) is 10.1. The van der Waals surface area contributed by atoms with Crippen LogP contribution in [0.15, 0.2) is 24.3 Å². The average Bonchev–Trinajstić information content (AvgIpc) is 4.01. The molecule has 3 heterocycles. The van der Waals surface area contributed by atoms with Gasteiger partial charge in [-0.05, 0) is 55.7 Å².